The number of hydrogen-bond donors (Lipinski definition) is 1. The highest BCUT2D eigenvalue weighted by Crippen LogP contribution is 2.57. The second-order valence-electron chi connectivity index (χ2n) is 8.33. The van der Waals surface area contributed by atoms with Crippen LogP contribution in [0.2, 0.25) is 0 Å². The van der Waals surface area contributed by atoms with Crippen molar-refractivity contribution in [1.29, 1.82) is 0 Å². The Balaban J connectivity index is 1.93. The summed E-state index contributed by atoms with van der Waals surface area (Å²) < 4.78 is 12.8. The van der Waals surface area contributed by atoms with E-state index in [-0.39, 0.29) is 47.3 Å². The molecule has 2 N–H and O–H groups in total. The van der Waals surface area contributed by atoms with Crippen LogP contribution in [0, 0.1) is 17.0 Å². The quantitative estimate of drug-likeness (QED) is 0.327. The summed E-state index contributed by atoms with van der Waals surface area (Å²) >= 11 is 0. The predicted molar refractivity (Wildman–Crippen MR) is 129 cm³/mol. The number of hydrogen-bond acceptors (Lipinski definition) is 8. The summed E-state index contributed by atoms with van der Waals surface area (Å²) in [5, 5.41) is 16.4. The highest BCUT2D eigenvalue weighted by molar-refractivity contribution is 6.18. The van der Waals surface area contributed by atoms with Gasteiger partial charge in [0.15, 0.2) is 0 Å². The number of esters is 1. The van der Waals surface area contributed by atoms with E-state index in [2.05, 4.69) is 5.10 Å². The molecule has 1 atom stereocenters. The van der Waals surface area contributed by atoms with Crippen LogP contribution in [-0.4, -0.2) is 39.7 Å². The summed E-state index contributed by atoms with van der Waals surface area (Å²) in [4.78, 5) is 40.4. The van der Waals surface area contributed by atoms with Crippen LogP contribution in [-0.2, 0) is 19.7 Å². The topological polar surface area (TPSA) is 143 Å². The number of non-ortho nitro benzene ring substituents is 1. The molecule has 0 radical (unpaired) electrons. The van der Waals surface area contributed by atoms with Gasteiger partial charge in [-0.3, -0.25) is 14.9 Å². The van der Waals surface area contributed by atoms with Crippen molar-refractivity contribution in [3.63, 3.8) is 0 Å². The molecule has 0 bridgehead atoms. The molecular formula is C25H23N5O6. The standard InChI is InChI=1S/C25H23N5O6/c1-4-28-18-12-11-16(30(33)34)13-17(18)25(24(28)32)19-14(3)27-29(15-9-7-6-8-10-15)22(19)36-21(26)20(25)23(31)35-5-2/h6-13H,4-5,26H2,1-3H3/t25-/m1/s1. The SMILES string of the molecule is CCOC(=O)C1=C(N)Oc2c(c(C)nn2-c2ccccc2)[C@@]12C(=O)N(CC)c1ccc([N+](=O)[O-])cc12. The largest absolute Gasteiger partial charge is 0.462 e. The monoisotopic (exact) mass is 489 g/mol. The van der Waals surface area contributed by atoms with Crippen molar-refractivity contribution in [2.75, 3.05) is 18.1 Å². The van der Waals surface area contributed by atoms with Crippen molar-refractivity contribution in [3.05, 3.63) is 86.9 Å². The third kappa shape index (κ3) is 2.95. The van der Waals surface area contributed by atoms with Crippen LogP contribution < -0.4 is 15.4 Å². The summed E-state index contributed by atoms with van der Waals surface area (Å²) in [7, 11) is 0. The zero-order valence-electron chi connectivity index (χ0n) is 19.8. The highest BCUT2D eigenvalue weighted by Gasteiger charge is 2.63. The number of amides is 1. The molecule has 3 heterocycles. The van der Waals surface area contributed by atoms with Gasteiger partial charge in [0.1, 0.15) is 11.0 Å². The zero-order valence-corrected chi connectivity index (χ0v) is 19.8. The van der Waals surface area contributed by atoms with Crippen LogP contribution in [0.5, 0.6) is 5.88 Å². The fourth-order valence-corrected chi connectivity index (χ4v) is 5.10. The van der Waals surface area contributed by atoms with Gasteiger partial charge in [0.25, 0.3) is 5.69 Å². The number of fused-ring (bicyclic) bond motifs is 4. The van der Waals surface area contributed by atoms with Gasteiger partial charge in [-0.1, -0.05) is 18.2 Å². The maximum absolute atomic E-state index is 14.3. The number of nitro groups is 1. The van der Waals surface area contributed by atoms with Gasteiger partial charge in [0.05, 0.1) is 28.5 Å². The van der Waals surface area contributed by atoms with Gasteiger partial charge in [-0.25, -0.2) is 9.48 Å². The van der Waals surface area contributed by atoms with E-state index in [1.807, 2.05) is 18.2 Å². The molecule has 3 aromatic rings. The molecule has 5 rings (SSSR count). The van der Waals surface area contributed by atoms with Gasteiger partial charge in [-0.05, 0) is 39.0 Å². The molecule has 0 unspecified atom stereocenters. The van der Waals surface area contributed by atoms with Gasteiger partial charge in [-0.15, -0.1) is 0 Å². The van der Waals surface area contributed by atoms with E-state index in [1.54, 1.807) is 32.9 Å². The number of nitrogens with two attached hydrogens (primary N) is 1. The summed E-state index contributed by atoms with van der Waals surface area (Å²) in [6.07, 6.45) is 0. The number of aromatic nitrogens is 2. The minimum absolute atomic E-state index is 0.0221. The molecule has 0 saturated carbocycles. The third-order valence-corrected chi connectivity index (χ3v) is 6.47. The van der Waals surface area contributed by atoms with Gasteiger partial charge in [0, 0.05) is 29.9 Å². The number of likely N-dealkylation sites (N-methyl/N-ethyl adjacent to an activating group) is 1. The van der Waals surface area contributed by atoms with Crippen molar-refractivity contribution in [3.8, 4) is 11.6 Å². The number of benzene rings is 2. The smallest absolute Gasteiger partial charge is 0.341 e. The van der Waals surface area contributed by atoms with Crippen LogP contribution in [0.25, 0.3) is 5.69 Å². The van der Waals surface area contributed by atoms with Gasteiger partial charge in [-0.2, -0.15) is 5.10 Å². The first-order valence-electron chi connectivity index (χ1n) is 11.4. The molecule has 0 aliphatic carbocycles. The lowest BCUT2D eigenvalue weighted by molar-refractivity contribution is -0.384. The number of rotatable bonds is 5. The van der Waals surface area contributed by atoms with Gasteiger partial charge >= 0.3 is 5.97 Å². The average molecular weight is 489 g/mol. The molecule has 2 aromatic carbocycles. The van der Waals surface area contributed by atoms with E-state index in [1.165, 1.54) is 27.8 Å². The molecule has 36 heavy (non-hydrogen) atoms. The lowest BCUT2D eigenvalue weighted by atomic mass is 9.68. The molecular weight excluding hydrogens is 466 g/mol. The van der Waals surface area contributed by atoms with E-state index in [9.17, 15) is 19.7 Å². The van der Waals surface area contributed by atoms with Crippen LogP contribution in [0.4, 0.5) is 11.4 Å². The van der Waals surface area contributed by atoms with Gasteiger partial charge < -0.3 is 20.1 Å². The number of aryl methyl sites for hydroxylation is 1. The number of anilines is 1. The van der Waals surface area contributed by atoms with E-state index >= 15 is 0 Å². The van der Waals surface area contributed by atoms with Crippen LogP contribution in [0.3, 0.4) is 0 Å². The van der Waals surface area contributed by atoms with Crippen molar-refractivity contribution < 1.29 is 24.0 Å². The molecule has 1 aromatic heterocycles. The predicted octanol–water partition coefficient (Wildman–Crippen LogP) is 2.87. The summed E-state index contributed by atoms with van der Waals surface area (Å²) in [5.41, 5.74) is 6.04. The molecule has 0 fully saturated rings. The molecule has 1 amide bonds. The van der Waals surface area contributed by atoms with Crippen molar-refractivity contribution in [2.45, 2.75) is 26.2 Å². The first-order valence-corrected chi connectivity index (χ1v) is 11.4. The van der Waals surface area contributed by atoms with Crippen molar-refractivity contribution in [1.82, 2.24) is 9.78 Å². The maximum Gasteiger partial charge on any atom is 0.341 e. The lowest BCUT2D eigenvalue weighted by Gasteiger charge is -2.34. The summed E-state index contributed by atoms with van der Waals surface area (Å²) in [5.74, 6) is -1.53. The van der Waals surface area contributed by atoms with E-state index < -0.39 is 22.2 Å². The molecule has 2 aliphatic heterocycles. The van der Waals surface area contributed by atoms with Crippen molar-refractivity contribution >= 4 is 23.3 Å². The summed E-state index contributed by atoms with van der Waals surface area (Å²) in [6, 6.07) is 13.2. The highest BCUT2D eigenvalue weighted by atomic mass is 16.6. The Bertz CT molecular complexity index is 1460. The van der Waals surface area contributed by atoms with Crippen LogP contribution in [0.15, 0.2) is 60.0 Å². The molecule has 11 nitrogen and oxygen atoms in total. The van der Waals surface area contributed by atoms with Gasteiger partial charge in [0.2, 0.25) is 17.7 Å². The Morgan fingerprint density at radius 3 is 2.58 bits per heavy atom. The second kappa shape index (κ2) is 8.22. The second-order valence-corrected chi connectivity index (χ2v) is 8.33. The number of para-hydroxylation sites is 1. The molecule has 0 saturated heterocycles. The first kappa shape index (κ1) is 23.1. The van der Waals surface area contributed by atoms with E-state index in [0.29, 0.717) is 17.1 Å². The molecule has 11 heteroatoms. The first-order chi connectivity index (χ1) is 17.3. The number of carbonyl (C=O) groups is 2. The van der Waals surface area contributed by atoms with Crippen LogP contribution >= 0.6 is 0 Å². The van der Waals surface area contributed by atoms with Crippen LogP contribution in [0.1, 0.15) is 30.7 Å². The zero-order chi connectivity index (χ0) is 25.8. The Hall–Kier alpha value is -4.67. The number of nitro benzene ring substituents is 1. The minimum atomic E-state index is -1.85. The number of nitrogens with zero attached hydrogens (tertiary/aromatic N) is 4. The Morgan fingerprint density at radius 2 is 1.94 bits per heavy atom. The van der Waals surface area contributed by atoms with Crippen molar-refractivity contribution in [2.24, 2.45) is 5.73 Å². The fraction of sp³-hybridized carbons (Fsp3) is 0.240. The van der Waals surface area contributed by atoms with E-state index in [0.717, 1.165) is 0 Å². The Morgan fingerprint density at radius 1 is 1.22 bits per heavy atom. The number of carbonyl (C=O) groups excluding carboxylic acids is 2. The fourth-order valence-electron chi connectivity index (χ4n) is 5.10. The average Bonchev–Trinajstić information content (AvgIpc) is 3.31. The molecule has 2 aliphatic rings. The molecule has 1 spiro atoms. The Kier molecular flexibility index (Phi) is 5.27. The Labute approximate surface area is 205 Å². The minimum Gasteiger partial charge on any atom is -0.462 e. The van der Waals surface area contributed by atoms with E-state index in [4.69, 9.17) is 15.2 Å². The lowest BCUT2D eigenvalue weighted by Crippen LogP contribution is -2.48. The normalized spacial score (nSPS) is 18.2. The summed E-state index contributed by atoms with van der Waals surface area (Å²) in [6.45, 7) is 5.37. The number of ether oxygens (including phenoxy) is 2. The maximum atomic E-state index is 14.3. The molecule has 184 valence electrons. The third-order valence-electron chi connectivity index (χ3n) is 6.47.